The Hall–Kier alpha value is -2.33. The Kier molecular flexibility index (Phi) is 3.16. The topological polar surface area (TPSA) is 61.0 Å². The Bertz CT molecular complexity index is 789. The minimum absolute atomic E-state index is 0.442. The quantitative estimate of drug-likeness (QED) is 0.724. The average Bonchev–Trinajstić information content (AvgIpc) is 2.42. The summed E-state index contributed by atoms with van der Waals surface area (Å²) >= 11 is 5.87. The number of aromatic nitrogens is 2. The standard InChI is InChI=1S/C15H12ClN3O/c1-9-15(19-13-5-3-2-4-12(13)18-9)20-14-7-6-10(16)8-11(14)17/h2-8H,17H2,1H3. The minimum Gasteiger partial charge on any atom is -0.435 e. The van der Waals surface area contributed by atoms with Gasteiger partial charge in [0.05, 0.1) is 16.7 Å². The van der Waals surface area contributed by atoms with Gasteiger partial charge in [-0.25, -0.2) is 9.97 Å². The van der Waals surface area contributed by atoms with Crippen LogP contribution in [0.5, 0.6) is 11.6 Å². The van der Waals surface area contributed by atoms with Crippen molar-refractivity contribution in [3.05, 3.63) is 53.2 Å². The number of aryl methyl sites for hydroxylation is 1. The van der Waals surface area contributed by atoms with Gasteiger partial charge in [-0.05, 0) is 37.3 Å². The molecule has 3 rings (SSSR count). The molecule has 3 aromatic rings. The van der Waals surface area contributed by atoms with Crippen LogP contribution in [0.3, 0.4) is 0 Å². The van der Waals surface area contributed by atoms with Crippen LogP contribution in [0.15, 0.2) is 42.5 Å². The molecule has 0 amide bonds. The van der Waals surface area contributed by atoms with Crippen LogP contribution >= 0.6 is 11.6 Å². The molecule has 0 fully saturated rings. The van der Waals surface area contributed by atoms with Gasteiger partial charge in [-0.2, -0.15) is 0 Å². The third-order valence-corrected chi connectivity index (χ3v) is 3.11. The molecule has 0 aliphatic rings. The molecule has 0 atom stereocenters. The van der Waals surface area contributed by atoms with Crippen LogP contribution in [0.2, 0.25) is 5.02 Å². The molecule has 4 nitrogen and oxygen atoms in total. The highest BCUT2D eigenvalue weighted by Crippen LogP contribution is 2.30. The second-order valence-corrected chi connectivity index (χ2v) is 4.82. The number of rotatable bonds is 2. The van der Waals surface area contributed by atoms with Gasteiger partial charge < -0.3 is 10.5 Å². The first kappa shape index (κ1) is 12.7. The number of nitrogens with two attached hydrogens (primary N) is 1. The van der Waals surface area contributed by atoms with E-state index in [0.717, 1.165) is 11.0 Å². The summed E-state index contributed by atoms with van der Waals surface area (Å²) < 4.78 is 5.75. The molecular weight excluding hydrogens is 274 g/mol. The number of benzene rings is 2. The van der Waals surface area contributed by atoms with Crippen LogP contribution in [-0.4, -0.2) is 9.97 Å². The van der Waals surface area contributed by atoms with E-state index < -0.39 is 0 Å². The summed E-state index contributed by atoms with van der Waals surface area (Å²) in [4.78, 5) is 8.92. The second-order valence-electron chi connectivity index (χ2n) is 4.39. The molecule has 0 saturated carbocycles. The molecule has 100 valence electrons. The molecule has 0 aliphatic heterocycles. The van der Waals surface area contributed by atoms with Crippen LogP contribution in [0.1, 0.15) is 5.69 Å². The smallest absolute Gasteiger partial charge is 0.241 e. The highest BCUT2D eigenvalue weighted by atomic mass is 35.5. The lowest BCUT2D eigenvalue weighted by molar-refractivity contribution is 0.460. The van der Waals surface area contributed by atoms with Crippen molar-refractivity contribution in [1.82, 2.24) is 9.97 Å². The highest BCUT2D eigenvalue weighted by Gasteiger charge is 2.09. The first-order valence-electron chi connectivity index (χ1n) is 6.10. The lowest BCUT2D eigenvalue weighted by Crippen LogP contribution is -1.98. The van der Waals surface area contributed by atoms with Gasteiger partial charge in [0.2, 0.25) is 5.88 Å². The number of hydrogen-bond donors (Lipinski definition) is 1. The highest BCUT2D eigenvalue weighted by molar-refractivity contribution is 6.30. The zero-order valence-electron chi connectivity index (χ0n) is 10.8. The second kappa shape index (κ2) is 4.98. The van der Waals surface area contributed by atoms with Gasteiger partial charge in [-0.15, -0.1) is 0 Å². The summed E-state index contributed by atoms with van der Waals surface area (Å²) in [5, 5.41) is 0.566. The minimum atomic E-state index is 0.442. The number of fused-ring (bicyclic) bond motifs is 1. The lowest BCUT2D eigenvalue weighted by Gasteiger charge is -2.10. The fraction of sp³-hybridized carbons (Fsp3) is 0.0667. The fourth-order valence-corrected chi connectivity index (χ4v) is 2.07. The van der Waals surface area contributed by atoms with Gasteiger partial charge in [0.25, 0.3) is 0 Å². The summed E-state index contributed by atoms with van der Waals surface area (Å²) in [5.74, 6) is 0.958. The SMILES string of the molecule is Cc1nc2ccccc2nc1Oc1ccc(Cl)cc1N. The molecule has 5 heteroatoms. The number of para-hydroxylation sites is 2. The first-order chi connectivity index (χ1) is 9.63. The van der Waals surface area contributed by atoms with Crippen molar-refractivity contribution < 1.29 is 4.74 Å². The van der Waals surface area contributed by atoms with Crippen LogP contribution < -0.4 is 10.5 Å². The van der Waals surface area contributed by atoms with E-state index in [1.807, 2.05) is 31.2 Å². The molecule has 20 heavy (non-hydrogen) atoms. The summed E-state index contributed by atoms with van der Waals surface area (Å²) in [6.45, 7) is 1.85. The van der Waals surface area contributed by atoms with E-state index in [1.165, 1.54) is 0 Å². The van der Waals surface area contributed by atoms with Crippen LogP contribution in [0.4, 0.5) is 5.69 Å². The maximum Gasteiger partial charge on any atom is 0.241 e. The van der Waals surface area contributed by atoms with Gasteiger partial charge in [-0.1, -0.05) is 23.7 Å². The monoisotopic (exact) mass is 285 g/mol. The Morgan fingerprint density at radius 3 is 2.45 bits per heavy atom. The van der Waals surface area contributed by atoms with Crippen LogP contribution in [0, 0.1) is 6.92 Å². The Morgan fingerprint density at radius 1 is 1.05 bits per heavy atom. The number of hydrogen-bond acceptors (Lipinski definition) is 4. The maximum atomic E-state index is 5.87. The van der Waals surface area contributed by atoms with Gasteiger partial charge in [0.15, 0.2) is 5.75 Å². The number of halogens is 1. The van der Waals surface area contributed by atoms with Crippen molar-refractivity contribution in [1.29, 1.82) is 0 Å². The van der Waals surface area contributed by atoms with E-state index >= 15 is 0 Å². The fourth-order valence-electron chi connectivity index (χ4n) is 1.89. The molecule has 0 bridgehead atoms. The van der Waals surface area contributed by atoms with Crippen molar-refractivity contribution in [3.8, 4) is 11.6 Å². The van der Waals surface area contributed by atoms with Crippen molar-refractivity contribution in [2.24, 2.45) is 0 Å². The largest absolute Gasteiger partial charge is 0.435 e. The zero-order chi connectivity index (χ0) is 14.1. The summed E-state index contributed by atoms with van der Waals surface area (Å²) in [5.41, 5.74) is 8.66. The number of ether oxygens (including phenoxy) is 1. The van der Waals surface area contributed by atoms with E-state index in [0.29, 0.717) is 28.0 Å². The van der Waals surface area contributed by atoms with E-state index in [9.17, 15) is 0 Å². The predicted molar refractivity (Wildman–Crippen MR) is 80.2 cm³/mol. The molecule has 0 saturated heterocycles. The van der Waals surface area contributed by atoms with E-state index in [-0.39, 0.29) is 0 Å². The van der Waals surface area contributed by atoms with Crippen LogP contribution in [-0.2, 0) is 0 Å². The molecule has 0 radical (unpaired) electrons. The summed E-state index contributed by atoms with van der Waals surface area (Å²) in [6.07, 6.45) is 0. The Labute approximate surface area is 121 Å². The predicted octanol–water partition coefficient (Wildman–Crippen LogP) is 3.97. The van der Waals surface area contributed by atoms with Gasteiger partial charge in [-0.3, -0.25) is 0 Å². The summed E-state index contributed by atoms with van der Waals surface area (Å²) in [7, 11) is 0. The molecule has 0 spiro atoms. The number of anilines is 1. The van der Waals surface area contributed by atoms with Gasteiger partial charge >= 0.3 is 0 Å². The van der Waals surface area contributed by atoms with Crippen LogP contribution in [0.25, 0.3) is 11.0 Å². The molecule has 0 unspecified atom stereocenters. The van der Waals surface area contributed by atoms with Gasteiger partial charge in [0.1, 0.15) is 5.69 Å². The molecule has 2 N–H and O–H groups in total. The molecular formula is C15H12ClN3O. The normalized spacial score (nSPS) is 10.7. The van der Waals surface area contributed by atoms with E-state index in [2.05, 4.69) is 9.97 Å². The third-order valence-electron chi connectivity index (χ3n) is 2.88. The van der Waals surface area contributed by atoms with Gasteiger partial charge in [0, 0.05) is 5.02 Å². The van der Waals surface area contributed by atoms with E-state index in [4.69, 9.17) is 22.1 Å². The number of nitrogens with zero attached hydrogens (tertiary/aromatic N) is 2. The Balaban J connectivity index is 2.03. The van der Waals surface area contributed by atoms with Crippen molar-refractivity contribution in [2.75, 3.05) is 5.73 Å². The molecule has 1 heterocycles. The zero-order valence-corrected chi connectivity index (χ0v) is 11.6. The Morgan fingerprint density at radius 2 is 1.75 bits per heavy atom. The maximum absolute atomic E-state index is 5.87. The first-order valence-corrected chi connectivity index (χ1v) is 6.47. The summed E-state index contributed by atoms with van der Waals surface area (Å²) in [6, 6.07) is 12.7. The molecule has 0 aliphatic carbocycles. The van der Waals surface area contributed by atoms with Crippen molar-refractivity contribution in [2.45, 2.75) is 6.92 Å². The van der Waals surface area contributed by atoms with Crippen molar-refractivity contribution >= 4 is 28.3 Å². The third kappa shape index (κ3) is 2.38. The number of nitrogen functional groups attached to an aromatic ring is 1. The molecule has 2 aromatic carbocycles. The van der Waals surface area contributed by atoms with Crippen molar-refractivity contribution in [3.63, 3.8) is 0 Å². The lowest BCUT2D eigenvalue weighted by atomic mass is 10.3. The molecule has 1 aromatic heterocycles. The average molecular weight is 286 g/mol. The van der Waals surface area contributed by atoms with E-state index in [1.54, 1.807) is 18.2 Å².